The van der Waals surface area contributed by atoms with Gasteiger partial charge in [-0.05, 0) is 249 Å². The van der Waals surface area contributed by atoms with Gasteiger partial charge in [-0.15, -0.1) is 0 Å². The van der Waals surface area contributed by atoms with Crippen molar-refractivity contribution < 1.29 is 8.83 Å². The highest BCUT2D eigenvalue weighted by Gasteiger charge is 2.47. The number of benzene rings is 18. The van der Waals surface area contributed by atoms with E-state index in [1.54, 1.807) is 0 Å². The molecule has 0 aliphatic carbocycles. The number of nitrogens with zero attached hydrogens (tertiary/aromatic N) is 4. The number of rotatable bonds is 11. The normalized spacial score (nSPS) is 13.0. The molecule has 0 amide bonds. The van der Waals surface area contributed by atoms with E-state index in [1.165, 1.54) is 49.3 Å². The maximum absolute atomic E-state index is 7.10. The number of aromatic nitrogens is 2. The summed E-state index contributed by atoms with van der Waals surface area (Å²) in [6.07, 6.45) is 0. The second kappa shape index (κ2) is 29.7. The Bertz CT molecular complexity index is 8070. The molecule has 4 aromatic heterocycles. The van der Waals surface area contributed by atoms with Crippen molar-refractivity contribution in [2.24, 2.45) is 0 Å². The molecule has 2 aliphatic rings. The summed E-state index contributed by atoms with van der Waals surface area (Å²) in [7, 11) is 0. The Balaban J connectivity index is 0.920. The summed E-state index contributed by atoms with van der Waals surface area (Å²) < 4.78 is 19.3. The Morgan fingerprint density at radius 3 is 1.05 bits per heavy atom. The van der Waals surface area contributed by atoms with Crippen molar-refractivity contribution in [1.82, 2.24) is 9.13 Å². The van der Waals surface area contributed by atoms with Crippen molar-refractivity contribution in [3.8, 4) is 89.3 Å². The zero-order valence-corrected chi connectivity index (χ0v) is 76.1. The molecule has 2 aliphatic heterocycles. The van der Waals surface area contributed by atoms with Crippen molar-refractivity contribution in [1.29, 1.82) is 0 Å². The lowest BCUT2D eigenvalue weighted by Gasteiger charge is -2.46. The lowest BCUT2D eigenvalue weighted by Crippen LogP contribution is -2.61. The maximum atomic E-state index is 7.10. The Hall–Kier alpha value is -15.2. The number of furan rings is 2. The van der Waals surface area contributed by atoms with Crippen LogP contribution in [0, 0.1) is 0 Å². The predicted octanol–water partition coefficient (Wildman–Crippen LogP) is 32.6. The van der Waals surface area contributed by atoms with E-state index in [-0.39, 0.29) is 21.7 Å². The number of para-hydroxylation sites is 4. The third-order valence-corrected chi connectivity index (χ3v) is 28.1. The number of fused-ring (bicyclic) bond motifs is 16. The fourth-order valence-corrected chi connectivity index (χ4v) is 21.4. The second-order valence-corrected chi connectivity index (χ2v) is 40.3. The van der Waals surface area contributed by atoms with Crippen LogP contribution in [0.2, 0.25) is 0 Å². The molecule has 6 heterocycles. The topological polar surface area (TPSA) is 42.6 Å². The van der Waals surface area contributed by atoms with E-state index >= 15 is 0 Å². The molecular weight excluding hydrogens is 1590 g/mol. The fourth-order valence-electron chi connectivity index (χ4n) is 21.4. The van der Waals surface area contributed by atoms with Crippen LogP contribution in [-0.2, 0) is 21.7 Å². The van der Waals surface area contributed by atoms with Gasteiger partial charge in [-0.2, -0.15) is 0 Å². The van der Waals surface area contributed by atoms with Gasteiger partial charge in [-0.1, -0.05) is 332 Å². The molecule has 630 valence electrons. The van der Waals surface area contributed by atoms with Crippen molar-refractivity contribution in [2.45, 2.75) is 105 Å². The van der Waals surface area contributed by atoms with Crippen LogP contribution in [0.4, 0.5) is 34.1 Å². The quantitative estimate of drug-likeness (QED) is 0.121. The molecule has 0 fully saturated rings. The van der Waals surface area contributed by atoms with Crippen molar-refractivity contribution >= 4 is 145 Å². The third kappa shape index (κ3) is 12.9. The Morgan fingerprint density at radius 1 is 0.214 bits per heavy atom. The van der Waals surface area contributed by atoms with Gasteiger partial charge in [0.2, 0.25) is 0 Å². The maximum Gasteiger partial charge on any atom is 0.252 e. The van der Waals surface area contributed by atoms with Crippen LogP contribution in [0.15, 0.2) is 391 Å². The van der Waals surface area contributed by atoms with Gasteiger partial charge in [0, 0.05) is 93.8 Å². The van der Waals surface area contributed by atoms with Crippen LogP contribution in [0.3, 0.4) is 0 Å². The summed E-state index contributed by atoms with van der Waals surface area (Å²) in [6.45, 7) is 27.8. The van der Waals surface area contributed by atoms with E-state index in [9.17, 15) is 0 Å². The van der Waals surface area contributed by atoms with Crippen LogP contribution in [0.1, 0.15) is 105 Å². The highest BCUT2D eigenvalue weighted by molar-refractivity contribution is 7.00. The van der Waals surface area contributed by atoms with Crippen LogP contribution >= 0.6 is 0 Å². The van der Waals surface area contributed by atoms with Crippen LogP contribution < -0.4 is 26.2 Å². The highest BCUT2D eigenvalue weighted by Crippen LogP contribution is 2.58. The molecule has 0 saturated heterocycles. The molecule has 7 heteroatoms. The summed E-state index contributed by atoms with van der Waals surface area (Å²) in [5.74, 6) is 0. The van der Waals surface area contributed by atoms with Crippen LogP contribution in [0.5, 0.6) is 0 Å². The molecule has 0 bridgehead atoms. The van der Waals surface area contributed by atoms with Crippen LogP contribution in [0.25, 0.3) is 177 Å². The molecule has 0 N–H and O–H groups in total. The van der Waals surface area contributed by atoms with E-state index in [2.05, 4.69) is 484 Å². The molecule has 0 unspecified atom stereocenters. The molecule has 24 rings (SSSR count). The Morgan fingerprint density at radius 2 is 0.588 bits per heavy atom. The summed E-state index contributed by atoms with van der Waals surface area (Å²) in [5, 5.41) is 9.03. The van der Waals surface area contributed by atoms with E-state index in [4.69, 9.17) is 8.83 Å². The first-order valence-corrected chi connectivity index (χ1v) is 46.2. The number of hydrogen-bond donors (Lipinski definition) is 0. The summed E-state index contributed by atoms with van der Waals surface area (Å²) in [5.41, 5.74) is 39.4. The van der Waals surface area contributed by atoms with E-state index in [1.807, 2.05) is 0 Å². The van der Waals surface area contributed by atoms with Gasteiger partial charge in [0.25, 0.3) is 6.71 Å². The van der Waals surface area contributed by atoms with E-state index in [0.29, 0.717) is 0 Å². The number of hydrogen-bond acceptors (Lipinski definition) is 4. The first kappa shape index (κ1) is 79.2. The van der Waals surface area contributed by atoms with Gasteiger partial charge in [0.05, 0.1) is 39.1 Å². The summed E-state index contributed by atoms with van der Waals surface area (Å²) >= 11 is 0. The molecule has 0 atom stereocenters. The van der Waals surface area contributed by atoms with Gasteiger partial charge < -0.3 is 27.8 Å². The molecule has 0 spiro atoms. The van der Waals surface area contributed by atoms with Gasteiger partial charge in [0.15, 0.2) is 0 Å². The SMILES string of the molecule is CC(C)(C)c1cc(-c2ccccc2)c(N2c3cc(-n4c5ccc(C(C)(C)C)cc5c5cc(C(C)(C)C)ccc54)ccc3B3c4cc(-c5cc(-c6ccccc6)cc(-c6ccccc6)c5)ccc4N(c4c(-c5cccc6oc7ccccc7c56)cc(C(C)(C)C)cc4-c4cccc5oc6ccccc6c45)c4cc(-n5c6ccccc6c6ccccc65)cc2c43)c(-c2ccccc2)c1. The molecule has 0 radical (unpaired) electrons. The predicted molar refractivity (Wildman–Crippen MR) is 557 cm³/mol. The van der Waals surface area contributed by atoms with E-state index < -0.39 is 6.71 Å². The Kier molecular flexibility index (Phi) is 18.0. The molecule has 6 nitrogen and oxygen atoms in total. The van der Waals surface area contributed by atoms with Gasteiger partial charge in [0.1, 0.15) is 22.3 Å². The smallest absolute Gasteiger partial charge is 0.252 e. The van der Waals surface area contributed by atoms with Crippen molar-refractivity contribution in [3.63, 3.8) is 0 Å². The molecule has 22 aromatic rings. The molecule has 0 saturated carbocycles. The zero-order valence-electron chi connectivity index (χ0n) is 76.1. The molecule has 131 heavy (non-hydrogen) atoms. The van der Waals surface area contributed by atoms with Gasteiger partial charge in [-0.3, -0.25) is 0 Å². The zero-order chi connectivity index (χ0) is 88.8. The third-order valence-electron chi connectivity index (χ3n) is 28.1. The van der Waals surface area contributed by atoms with Gasteiger partial charge in [-0.25, -0.2) is 0 Å². The summed E-state index contributed by atoms with van der Waals surface area (Å²) in [6, 6.07) is 145. The van der Waals surface area contributed by atoms with Gasteiger partial charge >= 0.3 is 0 Å². The lowest BCUT2D eigenvalue weighted by molar-refractivity contribution is 0.590. The minimum atomic E-state index is -0.427. The first-order chi connectivity index (χ1) is 63.5. The molecule has 18 aromatic carbocycles. The Labute approximate surface area is 765 Å². The first-order valence-electron chi connectivity index (χ1n) is 46.2. The minimum Gasteiger partial charge on any atom is -0.456 e. The average Bonchev–Trinajstić information content (AvgIpc) is 1.37. The largest absolute Gasteiger partial charge is 0.456 e. The average molecular weight is 1690 g/mol. The lowest BCUT2D eigenvalue weighted by atomic mass is 9.33. The standard InChI is InChI=1S/C124H99BN4O2/c1-121(2,3)84-56-61-106-98(67-84)99-68-85(122(4,5)6)57-62-107(99)126(106)88-58-59-102-109(73-88)129(119-96(78-39-21-15-22-40-78)69-86(123(7,8)9)70-97(119)79-41-23-16-24-42-79)111-75-89(127-104-49-29-25-43-90(104)91-44-26-30-50-105(91)127)74-110-118(111)125(102)103-66-80(83-64-81(76-35-17-13-18-36-76)63-82(65-83)77-37-19-14-20-38-77)55-60-108(103)128(110)120-100(92-47-33-53-114-116(92)94-45-27-31-51-112(94)130-114)71-87(124(10,11)12)72-101(120)93-48-34-54-115-117(93)95-46-28-32-52-113(95)131-115/h13-75H,1-12H3. The van der Waals surface area contributed by atoms with Crippen molar-refractivity contribution in [2.75, 3.05) is 9.80 Å². The van der Waals surface area contributed by atoms with Crippen molar-refractivity contribution in [3.05, 3.63) is 404 Å². The highest BCUT2D eigenvalue weighted by atomic mass is 16.3. The van der Waals surface area contributed by atoms with Crippen LogP contribution in [-0.4, -0.2) is 15.8 Å². The summed E-state index contributed by atoms with van der Waals surface area (Å²) in [4.78, 5) is 5.50. The fraction of sp³-hybridized carbons (Fsp3) is 0.129. The monoisotopic (exact) mass is 1690 g/mol. The second-order valence-electron chi connectivity index (χ2n) is 40.3. The number of anilines is 6. The minimum absolute atomic E-state index is 0.110. The van der Waals surface area contributed by atoms with E-state index in [0.717, 1.165) is 200 Å². The molecular formula is C124H99BN4O2.